The third-order valence-corrected chi connectivity index (χ3v) is 6.87. The van der Waals surface area contributed by atoms with Gasteiger partial charge in [-0.25, -0.2) is 8.42 Å². The second-order valence-corrected chi connectivity index (χ2v) is 9.23. The van der Waals surface area contributed by atoms with Gasteiger partial charge in [0.1, 0.15) is 0 Å². The summed E-state index contributed by atoms with van der Waals surface area (Å²) >= 11 is 0. The standard InChI is InChI=1S/C17H23N3O5S/c1-12-9-13(5-6-15(12)20(22)23)17(21)18-14-10-26(24,25)11-16(14)19-7-3-2-4-8-19/h5-6,9,14,16H,2-4,7-8,10-11H2,1H3,(H,18,21). The van der Waals surface area contributed by atoms with Gasteiger partial charge in [0.25, 0.3) is 11.6 Å². The SMILES string of the molecule is Cc1cc(C(=O)NC2CS(=O)(=O)CC2N2CCCCC2)ccc1[N+](=O)[O-]. The monoisotopic (exact) mass is 381 g/mol. The molecule has 2 aliphatic rings. The minimum atomic E-state index is -3.19. The van der Waals surface area contributed by atoms with E-state index in [2.05, 4.69) is 10.2 Å². The molecule has 142 valence electrons. The molecule has 2 atom stereocenters. The number of likely N-dealkylation sites (tertiary alicyclic amines) is 1. The molecular weight excluding hydrogens is 358 g/mol. The first kappa shape index (κ1) is 18.8. The highest BCUT2D eigenvalue weighted by Crippen LogP contribution is 2.23. The van der Waals surface area contributed by atoms with Crippen molar-refractivity contribution in [2.24, 2.45) is 0 Å². The molecule has 3 rings (SSSR count). The van der Waals surface area contributed by atoms with Crippen molar-refractivity contribution in [3.63, 3.8) is 0 Å². The van der Waals surface area contributed by atoms with Gasteiger partial charge in [-0.2, -0.15) is 0 Å². The lowest BCUT2D eigenvalue weighted by Crippen LogP contribution is -2.52. The van der Waals surface area contributed by atoms with Crippen LogP contribution < -0.4 is 5.32 Å². The van der Waals surface area contributed by atoms with Crippen molar-refractivity contribution < 1.29 is 18.1 Å². The summed E-state index contributed by atoms with van der Waals surface area (Å²) in [5, 5.41) is 13.7. The topological polar surface area (TPSA) is 110 Å². The first-order valence-corrected chi connectivity index (χ1v) is 10.6. The van der Waals surface area contributed by atoms with Crippen molar-refractivity contribution in [2.75, 3.05) is 24.6 Å². The van der Waals surface area contributed by atoms with Crippen LogP contribution in [0.4, 0.5) is 5.69 Å². The number of nitro groups is 1. The maximum Gasteiger partial charge on any atom is 0.272 e. The number of nitrogens with one attached hydrogen (secondary N) is 1. The van der Waals surface area contributed by atoms with Gasteiger partial charge in [-0.3, -0.25) is 19.8 Å². The molecule has 2 saturated heterocycles. The molecule has 1 aromatic carbocycles. The zero-order valence-corrected chi connectivity index (χ0v) is 15.5. The Kier molecular flexibility index (Phi) is 5.29. The summed E-state index contributed by atoms with van der Waals surface area (Å²) in [6.45, 7) is 3.28. The highest BCUT2D eigenvalue weighted by molar-refractivity contribution is 7.91. The van der Waals surface area contributed by atoms with Crippen LogP contribution in [-0.2, 0) is 9.84 Å². The average Bonchev–Trinajstić information content (AvgIpc) is 2.89. The summed E-state index contributed by atoms with van der Waals surface area (Å²) in [6.07, 6.45) is 3.23. The van der Waals surface area contributed by atoms with Gasteiger partial charge in [-0.05, 0) is 45.0 Å². The molecule has 0 aliphatic carbocycles. The van der Waals surface area contributed by atoms with Crippen LogP contribution in [0.25, 0.3) is 0 Å². The molecule has 2 heterocycles. The van der Waals surface area contributed by atoms with Crippen LogP contribution in [0.5, 0.6) is 0 Å². The minimum Gasteiger partial charge on any atom is -0.347 e. The molecule has 26 heavy (non-hydrogen) atoms. The van der Waals surface area contributed by atoms with Crippen molar-refractivity contribution in [3.05, 3.63) is 39.4 Å². The second-order valence-electron chi connectivity index (χ2n) is 7.08. The number of carbonyl (C=O) groups excluding carboxylic acids is 1. The molecule has 1 N–H and O–H groups in total. The van der Waals surface area contributed by atoms with Crippen molar-refractivity contribution in [1.29, 1.82) is 0 Å². The van der Waals surface area contributed by atoms with E-state index in [-0.39, 0.29) is 23.2 Å². The van der Waals surface area contributed by atoms with Crippen LogP contribution in [0, 0.1) is 17.0 Å². The molecule has 0 saturated carbocycles. The van der Waals surface area contributed by atoms with E-state index in [0.717, 1.165) is 32.4 Å². The first-order valence-electron chi connectivity index (χ1n) is 8.77. The quantitative estimate of drug-likeness (QED) is 0.622. The molecule has 1 aromatic rings. The number of rotatable bonds is 4. The van der Waals surface area contributed by atoms with Crippen LogP contribution in [0.1, 0.15) is 35.2 Å². The van der Waals surface area contributed by atoms with E-state index in [1.807, 2.05) is 0 Å². The lowest BCUT2D eigenvalue weighted by atomic mass is 10.0. The van der Waals surface area contributed by atoms with Crippen molar-refractivity contribution in [3.8, 4) is 0 Å². The van der Waals surface area contributed by atoms with Crippen LogP contribution in [0.15, 0.2) is 18.2 Å². The van der Waals surface area contributed by atoms with Gasteiger partial charge < -0.3 is 5.32 Å². The average molecular weight is 381 g/mol. The summed E-state index contributed by atoms with van der Waals surface area (Å²) in [5.41, 5.74) is 0.653. The zero-order valence-electron chi connectivity index (χ0n) is 14.7. The van der Waals surface area contributed by atoms with Gasteiger partial charge in [0.2, 0.25) is 0 Å². The van der Waals surface area contributed by atoms with E-state index in [1.165, 1.54) is 18.2 Å². The van der Waals surface area contributed by atoms with E-state index in [4.69, 9.17) is 0 Å². The van der Waals surface area contributed by atoms with E-state index < -0.39 is 26.7 Å². The maximum absolute atomic E-state index is 12.6. The number of aryl methyl sites for hydroxylation is 1. The lowest BCUT2D eigenvalue weighted by molar-refractivity contribution is -0.385. The number of hydrogen-bond donors (Lipinski definition) is 1. The Balaban J connectivity index is 1.76. The summed E-state index contributed by atoms with van der Waals surface area (Å²) in [6, 6.07) is 3.51. The first-order chi connectivity index (χ1) is 12.3. The Hall–Kier alpha value is -2.00. The summed E-state index contributed by atoms with van der Waals surface area (Å²) in [5.74, 6) is -0.393. The molecule has 2 unspecified atom stereocenters. The number of nitro benzene ring substituents is 1. The van der Waals surface area contributed by atoms with Gasteiger partial charge in [0.15, 0.2) is 9.84 Å². The number of nitrogens with zero attached hydrogens (tertiary/aromatic N) is 2. The molecule has 0 bridgehead atoms. The largest absolute Gasteiger partial charge is 0.347 e. The fourth-order valence-electron chi connectivity index (χ4n) is 3.83. The Labute approximate surface area is 152 Å². The highest BCUT2D eigenvalue weighted by atomic mass is 32.2. The molecule has 0 aromatic heterocycles. The molecular formula is C17H23N3O5S. The van der Waals surface area contributed by atoms with Crippen molar-refractivity contribution in [2.45, 2.75) is 38.3 Å². The Morgan fingerprint density at radius 2 is 1.92 bits per heavy atom. The number of piperidine rings is 1. The van der Waals surface area contributed by atoms with Gasteiger partial charge >= 0.3 is 0 Å². The van der Waals surface area contributed by atoms with E-state index in [1.54, 1.807) is 6.92 Å². The third kappa shape index (κ3) is 4.04. The molecule has 1 amide bonds. The Morgan fingerprint density at radius 1 is 1.23 bits per heavy atom. The maximum atomic E-state index is 12.6. The zero-order chi connectivity index (χ0) is 18.9. The van der Waals surface area contributed by atoms with Gasteiger partial charge in [-0.15, -0.1) is 0 Å². The van der Waals surface area contributed by atoms with Gasteiger partial charge in [0.05, 0.1) is 22.5 Å². The van der Waals surface area contributed by atoms with Crippen LogP contribution in [0.2, 0.25) is 0 Å². The van der Waals surface area contributed by atoms with E-state index >= 15 is 0 Å². The number of amides is 1. The third-order valence-electron chi connectivity index (χ3n) is 5.15. The molecule has 9 heteroatoms. The van der Waals surface area contributed by atoms with Crippen molar-refractivity contribution >= 4 is 21.4 Å². The van der Waals surface area contributed by atoms with Gasteiger partial charge in [-0.1, -0.05) is 6.42 Å². The van der Waals surface area contributed by atoms with E-state index in [9.17, 15) is 23.3 Å². The van der Waals surface area contributed by atoms with Crippen LogP contribution in [0.3, 0.4) is 0 Å². The fraction of sp³-hybridized carbons (Fsp3) is 0.588. The molecule has 8 nitrogen and oxygen atoms in total. The molecule has 0 spiro atoms. The smallest absolute Gasteiger partial charge is 0.272 e. The predicted molar refractivity (Wildman–Crippen MR) is 97.0 cm³/mol. The summed E-state index contributed by atoms with van der Waals surface area (Å²) in [7, 11) is -3.19. The number of carbonyl (C=O) groups is 1. The highest BCUT2D eigenvalue weighted by Gasteiger charge is 2.42. The summed E-state index contributed by atoms with van der Waals surface area (Å²) in [4.78, 5) is 25.2. The van der Waals surface area contributed by atoms with Crippen LogP contribution in [-0.4, -0.2) is 60.8 Å². The lowest BCUT2D eigenvalue weighted by Gasteiger charge is -2.35. The number of hydrogen-bond acceptors (Lipinski definition) is 6. The van der Waals surface area contributed by atoms with Crippen molar-refractivity contribution in [1.82, 2.24) is 10.2 Å². The Morgan fingerprint density at radius 3 is 2.54 bits per heavy atom. The number of sulfone groups is 1. The summed E-state index contributed by atoms with van der Waals surface area (Å²) < 4.78 is 24.3. The van der Waals surface area contributed by atoms with E-state index in [0.29, 0.717) is 11.1 Å². The molecule has 2 fully saturated rings. The minimum absolute atomic E-state index is 0.0452. The fourth-order valence-corrected chi connectivity index (χ4v) is 5.78. The number of benzene rings is 1. The molecule has 0 radical (unpaired) electrons. The Bertz CT molecular complexity index is 818. The molecule has 2 aliphatic heterocycles. The van der Waals surface area contributed by atoms with Crippen LogP contribution >= 0.6 is 0 Å². The van der Waals surface area contributed by atoms with Gasteiger partial charge in [0, 0.05) is 23.2 Å². The predicted octanol–water partition coefficient (Wildman–Crippen LogP) is 1.28. The second kappa shape index (κ2) is 7.32. The normalized spacial score (nSPS) is 25.7.